The van der Waals surface area contributed by atoms with E-state index in [-0.39, 0.29) is 25.5 Å². The van der Waals surface area contributed by atoms with Gasteiger partial charge in [0.1, 0.15) is 0 Å². The van der Waals surface area contributed by atoms with Crippen LogP contribution in [-0.4, -0.2) is 45.5 Å². The second-order valence-electron chi connectivity index (χ2n) is 2.54. The molecule has 0 fully saturated rings. The van der Waals surface area contributed by atoms with Gasteiger partial charge in [-0.2, -0.15) is 21.6 Å². The number of ether oxygens (including phenoxy) is 1. The van der Waals surface area contributed by atoms with Gasteiger partial charge in [-0.25, -0.2) is 9.52 Å². The fraction of sp³-hybridized carbons (Fsp3) is 0.833. The number of nitrogens with one attached hydrogen (secondary N) is 1. The molecule has 0 bridgehead atoms. The molecule has 0 unspecified atom stereocenters. The monoisotopic (exact) mass is 257 g/mol. The van der Waals surface area contributed by atoms with E-state index in [0.717, 1.165) is 4.72 Å². The molecule has 0 aromatic heterocycles. The number of sulfonamides is 1. The van der Waals surface area contributed by atoms with Gasteiger partial charge in [0.2, 0.25) is 0 Å². The van der Waals surface area contributed by atoms with Crippen LogP contribution in [0.3, 0.4) is 0 Å². The Labute approximate surface area is 103 Å². The van der Waals surface area contributed by atoms with Crippen molar-refractivity contribution in [1.29, 1.82) is 0 Å². The molecule has 0 heterocycles. The number of alkyl halides is 3. The third-order valence-corrected chi connectivity index (χ3v) is 2.30. The van der Waals surface area contributed by atoms with Crippen molar-refractivity contribution in [1.82, 2.24) is 4.72 Å². The second kappa shape index (κ2) is 7.04. The fourth-order valence-corrected chi connectivity index (χ4v) is 0.900. The number of amides is 1. The molecular formula is C6H11F3LiNO4S. The summed E-state index contributed by atoms with van der Waals surface area (Å²) in [5.41, 5.74) is -5.52. The maximum absolute atomic E-state index is 11.7. The van der Waals surface area contributed by atoms with E-state index in [4.69, 9.17) is 0 Å². The van der Waals surface area contributed by atoms with Crippen LogP contribution in [0.2, 0.25) is 0 Å². The SMILES string of the molecule is CCCCOC(=O)NS(=O)(=O)C(F)(F)F.[LiH]. The standard InChI is InChI=1S/C6H10F3NO4S.Li.H/c1-2-3-4-14-5(11)10-15(12,13)6(7,8)9;;/h2-4H2,1H3,(H,10,11);;. The van der Waals surface area contributed by atoms with Gasteiger partial charge in [-0.05, 0) is 6.42 Å². The zero-order chi connectivity index (χ0) is 12.1. The van der Waals surface area contributed by atoms with Crippen LogP contribution in [0.4, 0.5) is 18.0 Å². The zero-order valence-corrected chi connectivity index (χ0v) is 8.61. The average Bonchev–Trinajstić information content (AvgIpc) is 2.01. The Kier molecular flexibility index (Phi) is 7.91. The predicted octanol–water partition coefficient (Wildman–Crippen LogP) is 0.714. The van der Waals surface area contributed by atoms with Gasteiger partial charge < -0.3 is 4.74 Å². The third-order valence-electron chi connectivity index (χ3n) is 1.25. The quantitative estimate of drug-likeness (QED) is 0.594. The molecule has 0 aromatic rings. The van der Waals surface area contributed by atoms with Gasteiger partial charge in [-0.15, -0.1) is 0 Å². The molecule has 0 saturated carbocycles. The van der Waals surface area contributed by atoms with Crippen molar-refractivity contribution in [2.45, 2.75) is 25.3 Å². The van der Waals surface area contributed by atoms with Crippen LogP contribution in [0.1, 0.15) is 19.8 Å². The van der Waals surface area contributed by atoms with Gasteiger partial charge in [-0.3, -0.25) is 0 Å². The normalized spacial score (nSPS) is 11.5. The molecule has 0 spiro atoms. The van der Waals surface area contributed by atoms with Crippen LogP contribution < -0.4 is 4.72 Å². The van der Waals surface area contributed by atoms with E-state index in [1.165, 1.54) is 0 Å². The van der Waals surface area contributed by atoms with Gasteiger partial charge >= 0.3 is 40.5 Å². The summed E-state index contributed by atoms with van der Waals surface area (Å²) in [7, 11) is -5.66. The number of rotatable bonds is 4. The molecule has 0 aliphatic carbocycles. The van der Waals surface area contributed by atoms with Crippen molar-refractivity contribution >= 4 is 35.0 Å². The summed E-state index contributed by atoms with van der Waals surface area (Å²) in [5.74, 6) is 0. The summed E-state index contributed by atoms with van der Waals surface area (Å²) in [6.45, 7) is 1.64. The molecule has 0 atom stereocenters. The van der Waals surface area contributed by atoms with Gasteiger partial charge in [-0.1, -0.05) is 13.3 Å². The molecule has 92 valence electrons. The van der Waals surface area contributed by atoms with Crippen LogP contribution in [-0.2, 0) is 14.8 Å². The van der Waals surface area contributed by atoms with Crippen molar-refractivity contribution in [2.75, 3.05) is 6.61 Å². The van der Waals surface area contributed by atoms with Crippen molar-refractivity contribution in [3.05, 3.63) is 0 Å². The molecule has 5 nitrogen and oxygen atoms in total. The van der Waals surface area contributed by atoms with E-state index in [1.807, 2.05) is 0 Å². The number of carbonyl (C=O) groups is 1. The van der Waals surface area contributed by atoms with E-state index in [9.17, 15) is 26.4 Å². The number of unbranched alkanes of at least 4 members (excludes halogenated alkanes) is 1. The molecule has 0 aromatic carbocycles. The molecule has 10 heteroatoms. The third kappa shape index (κ3) is 6.25. The number of carbonyl (C=O) groups excluding carboxylic acids is 1. The van der Waals surface area contributed by atoms with Gasteiger partial charge in [0.05, 0.1) is 6.61 Å². The van der Waals surface area contributed by atoms with Crippen LogP contribution in [0, 0.1) is 0 Å². The van der Waals surface area contributed by atoms with E-state index >= 15 is 0 Å². The molecule has 16 heavy (non-hydrogen) atoms. The second-order valence-corrected chi connectivity index (χ2v) is 4.21. The summed E-state index contributed by atoms with van der Waals surface area (Å²) >= 11 is 0. The molecule has 0 radical (unpaired) electrons. The van der Waals surface area contributed by atoms with E-state index in [0.29, 0.717) is 12.8 Å². The Balaban J connectivity index is 0. The summed E-state index contributed by atoms with van der Waals surface area (Å²) in [6, 6.07) is 0. The Morgan fingerprint density at radius 2 is 1.88 bits per heavy atom. The number of hydrogen-bond donors (Lipinski definition) is 1. The first-order valence-electron chi connectivity index (χ1n) is 3.96. The average molecular weight is 257 g/mol. The Morgan fingerprint density at radius 3 is 2.25 bits per heavy atom. The summed E-state index contributed by atoms with van der Waals surface area (Å²) in [6.07, 6.45) is -0.514. The van der Waals surface area contributed by atoms with E-state index < -0.39 is 21.6 Å². The van der Waals surface area contributed by atoms with Crippen molar-refractivity contribution in [3.63, 3.8) is 0 Å². The Hall–Kier alpha value is -0.393. The number of hydrogen-bond acceptors (Lipinski definition) is 4. The first-order chi connectivity index (χ1) is 6.70. The van der Waals surface area contributed by atoms with Crippen LogP contribution in [0.25, 0.3) is 0 Å². The fourth-order valence-electron chi connectivity index (χ4n) is 0.506. The maximum atomic E-state index is 11.7. The molecule has 1 amide bonds. The molecular weight excluding hydrogens is 246 g/mol. The molecule has 0 rings (SSSR count). The van der Waals surface area contributed by atoms with E-state index in [1.54, 1.807) is 6.92 Å². The minimum atomic E-state index is -5.66. The van der Waals surface area contributed by atoms with Gasteiger partial charge in [0.15, 0.2) is 0 Å². The van der Waals surface area contributed by atoms with Gasteiger partial charge in [0, 0.05) is 0 Å². The van der Waals surface area contributed by atoms with Crippen molar-refractivity contribution in [3.8, 4) is 0 Å². The molecule has 0 aliphatic rings. The van der Waals surface area contributed by atoms with Crippen LogP contribution in [0.5, 0.6) is 0 Å². The molecule has 1 N–H and O–H groups in total. The predicted molar refractivity (Wildman–Crippen MR) is 51.5 cm³/mol. The van der Waals surface area contributed by atoms with Crippen LogP contribution in [0.15, 0.2) is 0 Å². The first-order valence-corrected chi connectivity index (χ1v) is 5.45. The zero-order valence-electron chi connectivity index (χ0n) is 7.80. The minimum absolute atomic E-state index is 0. The molecule has 0 aliphatic heterocycles. The Bertz CT molecular complexity index is 316. The number of halogens is 3. The van der Waals surface area contributed by atoms with Crippen molar-refractivity contribution < 1.29 is 31.1 Å². The molecule has 0 saturated heterocycles. The summed E-state index contributed by atoms with van der Waals surface area (Å²) in [5, 5.41) is 0. The van der Waals surface area contributed by atoms with Crippen molar-refractivity contribution in [2.24, 2.45) is 0 Å². The first kappa shape index (κ1) is 18.0. The Morgan fingerprint density at radius 1 is 1.38 bits per heavy atom. The summed E-state index contributed by atoms with van der Waals surface area (Å²) in [4.78, 5) is 10.6. The van der Waals surface area contributed by atoms with Crippen LogP contribution >= 0.6 is 0 Å². The summed E-state index contributed by atoms with van der Waals surface area (Å²) < 4.78 is 60.8. The van der Waals surface area contributed by atoms with E-state index in [2.05, 4.69) is 4.74 Å². The van der Waals surface area contributed by atoms with Gasteiger partial charge in [0.25, 0.3) is 0 Å². The topological polar surface area (TPSA) is 72.5 Å².